The van der Waals surface area contributed by atoms with Crippen molar-refractivity contribution < 1.29 is 0 Å². The van der Waals surface area contributed by atoms with Crippen molar-refractivity contribution in [3.63, 3.8) is 0 Å². The average molecular weight is 164 g/mol. The monoisotopic (exact) mass is 163 g/mol. The molecule has 1 rings (SSSR count). The van der Waals surface area contributed by atoms with Gasteiger partial charge >= 0.3 is 0 Å². The lowest BCUT2D eigenvalue weighted by Crippen LogP contribution is -2.21. The Labute approximate surface area is 69.8 Å². The van der Waals surface area contributed by atoms with E-state index < -0.39 is 0 Å². The summed E-state index contributed by atoms with van der Waals surface area (Å²) in [6.45, 7) is 3.21. The molecule has 62 valence electrons. The largest absolute Gasteiger partial charge is 0.330 e. The molecule has 0 saturated heterocycles. The van der Waals surface area contributed by atoms with Gasteiger partial charge in [-0.3, -0.25) is 0 Å². The van der Waals surface area contributed by atoms with Crippen LogP contribution in [0.1, 0.15) is 32.6 Å². The molecule has 0 atom stereocenters. The third-order valence-corrected chi connectivity index (χ3v) is 2.29. The van der Waals surface area contributed by atoms with Crippen molar-refractivity contribution in [2.24, 2.45) is 17.6 Å². The third-order valence-electron chi connectivity index (χ3n) is 2.29. The standard InChI is InChI=1S/C8H17N.ClH/c1-7-5-8(6-7)3-2-4-9;/h7-8H,2-6,9H2,1H3;1H. The summed E-state index contributed by atoms with van der Waals surface area (Å²) in [4.78, 5) is 0. The molecule has 1 aliphatic carbocycles. The molecule has 0 amide bonds. The molecule has 0 spiro atoms. The molecule has 0 radical (unpaired) electrons. The predicted molar refractivity (Wildman–Crippen MR) is 47.4 cm³/mol. The van der Waals surface area contributed by atoms with Crippen LogP contribution >= 0.6 is 12.4 Å². The topological polar surface area (TPSA) is 26.0 Å². The van der Waals surface area contributed by atoms with Gasteiger partial charge in [0.25, 0.3) is 0 Å². The van der Waals surface area contributed by atoms with E-state index in [4.69, 9.17) is 5.73 Å². The van der Waals surface area contributed by atoms with E-state index in [1.807, 2.05) is 0 Å². The fourth-order valence-electron chi connectivity index (χ4n) is 1.71. The third kappa shape index (κ3) is 2.89. The number of nitrogens with two attached hydrogens (primary N) is 1. The first-order valence-electron chi connectivity index (χ1n) is 4.03. The van der Waals surface area contributed by atoms with Crippen molar-refractivity contribution in [3.8, 4) is 0 Å². The lowest BCUT2D eigenvalue weighted by atomic mass is 9.74. The van der Waals surface area contributed by atoms with Crippen LogP contribution in [0, 0.1) is 11.8 Å². The average Bonchev–Trinajstić information content (AvgIpc) is 1.78. The Kier molecular flexibility index (Phi) is 5.10. The summed E-state index contributed by atoms with van der Waals surface area (Å²) in [5, 5.41) is 0. The molecule has 0 aromatic heterocycles. The molecule has 1 aliphatic rings. The molecule has 0 aliphatic heterocycles. The van der Waals surface area contributed by atoms with Gasteiger partial charge in [0.2, 0.25) is 0 Å². The molecule has 0 aromatic carbocycles. The van der Waals surface area contributed by atoms with Gasteiger partial charge < -0.3 is 5.73 Å². The van der Waals surface area contributed by atoms with E-state index in [9.17, 15) is 0 Å². The molecule has 2 heteroatoms. The maximum atomic E-state index is 5.39. The van der Waals surface area contributed by atoms with Crippen LogP contribution in [0.4, 0.5) is 0 Å². The van der Waals surface area contributed by atoms with E-state index in [0.29, 0.717) is 0 Å². The fraction of sp³-hybridized carbons (Fsp3) is 1.00. The summed E-state index contributed by atoms with van der Waals surface area (Å²) in [6, 6.07) is 0. The number of hydrogen-bond acceptors (Lipinski definition) is 1. The van der Waals surface area contributed by atoms with Crippen LogP contribution in [-0.2, 0) is 0 Å². The molecule has 10 heavy (non-hydrogen) atoms. The smallest absolute Gasteiger partial charge is 0.00772 e. The van der Waals surface area contributed by atoms with Gasteiger partial charge in [-0.15, -0.1) is 12.4 Å². The lowest BCUT2D eigenvalue weighted by Gasteiger charge is -2.32. The highest BCUT2D eigenvalue weighted by atomic mass is 35.5. The van der Waals surface area contributed by atoms with Crippen molar-refractivity contribution >= 4 is 12.4 Å². The summed E-state index contributed by atoms with van der Waals surface area (Å²) in [7, 11) is 0. The maximum absolute atomic E-state index is 5.39. The zero-order valence-corrected chi connectivity index (χ0v) is 7.49. The van der Waals surface area contributed by atoms with Gasteiger partial charge in [-0.2, -0.15) is 0 Å². The highest BCUT2D eigenvalue weighted by molar-refractivity contribution is 5.85. The van der Waals surface area contributed by atoms with Crippen molar-refractivity contribution in [1.82, 2.24) is 0 Å². The van der Waals surface area contributed by atoms with Gasteiger partial charge in [0.05, 0.1) is 0 Å². The highest BCUT2D eigenvalue weighted by Crippen LogP contribution is 2.35. The van der Waals surface area contributed by atoms with Gasteiger partial charge in [0, 0.05) is 0 Å². The van der Waals surface area contributed by atoms with E-state index >= 15 is 0 Å². The van der Waals surface area contributed by atoms with E-state index in [1.165, 1.54) is 25.7 Å². The Bertz CT molecular complexity index is 79.3. The van der Waals surface area contributed by atoms with Gasteiger partial charge in [-0.05, 0) is 44.1 Å². The summed E-state index contributed by atoms with van der Waals surface area (Å²) in [5.74, 6) is 2.04. The van der Waals surface area contributed by atoms with E-state index in [1.54, 1.807) is 0 Å². The second-order valence-corrected chi connectivity index (χ2v) is 3.37. The molecular weight excluding hydrogens is 146 g/mol. The molecule has 2 N–H and O–H groups in total. The Morgan fingerprint density at radius 2 is 2.00 bits per heavy atom. The molecule has 1 nitrogen and oxygen atoms in total. The molecule has 1 fully saturated rings. The van der Waals surface area contributed by atoms with Crippen LogP contribution in [0.5, 0.6) is 0 Å². The van der Waals surface area contributed by atoms with Crippen LogP contribution in [0.25, 0.3) is 0 Å². The summed E-state index contributed by atoms with van der Waals surface area (Å²) in [5.41, 5.74) is 5.39. The SMILES string of the molecule is CC1CC(CCCN)C1.Cl. The first-order valence-corrected chi connectivity index (χ1v) is 4.03. The molecule has 0 unspecified atom stereocenters. The predicted octanol–water partition coefficient (Wildman–Crippen LogP) is 2.19. The fourth-order valence-corrected chi connectivity index (χ4v) is 1.71. The van der Waals surface area contributed by atoms with Crippen molar-refractivity contribution in [1.29, 1.82) is 0 Å². The minimum Gasteiger partial charge on any atom is -0.330 e. The van der Waals surface area contributed by atoms with Gasteiger partial charge in [-0.1, -0.05) is 6.92 Å². The maximum Gasteiger partial charge on any atom is -0.00772 e. The first-order chi connectivity index (χ1) is 4.33. The first kappa shape index (κ1) is 10.2. The minimum atomic E-state index is 0. The lowest BCUT2D eigenvalue weighted by molar-refractivity contribution is 0.197. The molecule has 0 aromatic rings. The summed E-state index contributed by atoms with van der Waals surface area (Å²) in [6.07, 6.45) is 5.53. The van der Waals surface area contributed by atoms with Crippen LogP contribution < -0.4 is 5.73 Å². The van der Waals surface area contributed by atoms with Crippen molar-refractivity contribution in [2.45, 2.75) is 32.6 Å². The number of rotatable bonds is 3. The van der Waals surface area contributed by atoms with E-state index in [2.05, 4.69) is 6.92 Å². The van der Waals surface area contributed by atoms with Crippen LogP contribution in [-0.4, -0.2) is 6.54 Å². The van der Waals surface area contributed by atoms with Gasteiger partial charge in [0.15, 0.2) is 0 Å². The number of halogens is 1. The Hall–Kier alpha value is 0.250. The second-order valence-electron chi connectivity index (χ2n) is 3.37. The normalized spacial score (nSPS) is 30.6. The highest BCUT2D eigenvalue weighted by Gasteiger charge is 2.23. The zero-order valence-electron chi connectivity index (χ0n) is 6.68. The van der Waals surface area contributed by atoms with Crippen LogP contribution in [0.15, 0.2) is 0 Å². The van der Waals surface area contributed by atoms with Crippen molar-refractivity contribution in [3.05, 3.63) is 0 Å². The van der Waals surface area contributed by atoms with E-state index in [0.717, 1.165) is 18.4 Å². The molecular formula is C8H18ClN. The molecule has 0 bridgehead atoms. The van der Waals surface area contributed by atoms with Crippen molar-refractivity contribution in [2.75, 3.05) is 6.54 Å². The number of hydrogen-bond donors (Lipinski definition) is 1. The van der Waals surface area contributed by atoms with Crippen LogP contribution in [0.3, 0.4) is 0 Å². The van der Waals surface area contributed by atoms with E-state index in [-0.39, 0.29) is 12.4 Å². The Balaban J connectivity index is 0.000000810. The zero-order chi connectivity index (χ0) is 6.69. The second kappa shape index (κ2) is 4.97. The van der Waals surface area contributed by atoms with Crippen LogP contribution in [0.2, 0.25) is 0 Å². The molecule has 0 heterocycles. The molecule has 1 saturated carbocycles. The van der Waals surface area contributed by atoms with Gasteiger partial charge in [0.1, 0.15) is 0 Å². The van der Waals surface area contributed by atoms with Gasteiger partial charge in [-0.25, -0.2) is 0 Å². The minimum absolute atomic E-state index is 0. The Morgan fingerprint density at radius 3 is 2.40 bits per heavy atom. The summed E-state index contributed by atoms with van der Waals surface area (Å²) < 4.78 is 0. The quantitative estimate of drug-likeness (QED) is 0.679. The summed E-state index contributed by atoms with van der Waals surface area (Å²) >= 11 is 0. The Morgan fingerprint density at radius 1 is 1.40 bits per heavy atom.